The van der Waals surface area contributed by atoms with Gasteiger partial charge in [0.15, 0.2) is 4.77 Å². The molecule has 3 heterocycles. The molecule has 128 valence electrons. The largest absolute Gasteiger partial charge is 0.478 e. The minimum atomic E-state index is -1.22. The summed E-state index contributed by atoms with van der Waals surface area (Å²) in [5.41, 5.74) is 0.493. The Morgan fingerprint density at radius 3 is 2.92 bits per heavy atom. The van der Waals surface area contributed by atoms with Crippen LogP contribution in [0.5, 0.6) is 0 Å². The molecule has 0 aliphatic rings. The van der Waals surface area contributed by atoms with E-state index in [9.17, 15) is 14.7 Å². The highest BCUT2D eigenvalue weighted by Crippen LogP contribution is 2.22. The summed E-state index contributed by atoms with van der Waals surface area (Å²) < 4.78 is 6.77. The number of H-pyrrole nitrogens is 1. The third-order valence-electron chi connectivity index (χ3n) is 3.66. The monoisotopic (exact) mass is 358 g/mol. The van der Waals surface area contributed by atoms with Crippen molar-refractivity contribution < 1.29 is 14.6 Å². The van der Waals surface area contributed by atoms with Gasteiger partial charge in [-0.2, -0.15) is 0 Å². The molecule has 0 radical (unpaired) electrons. The van der Waals surface area contributed by atoms with Crippen molar-refractivity contribution in [3.63, 3.8) is 0 Å². The van der Waals surface area contributed by atoms with Crippen LogP contribution in [0.4, 0.5) is 0 Å². The molecule has 0 amide bonds. The van der Waals surface area contributed by atoms with E-state index < -0.39 is 11.5 Å². The number of carbonyl (C=O) groups is 1. The predicted molar refractivity (Wildman–Crippen MR) is 93.3 cm³/mol. The molecule has 25 heavy (non-hydrogen) atoms. The van der Waals surface area contributed by atoms with E-state index in [1.165, 1.54) is 13.2 Å². The van der Waals surface area contributed by atoms with Crippen LogP contribution in [0.2, 0.25) is 0 Å². The van der Waals surface area contributed by atoms with E-state index in [-0.39, 0.29) is 21.4 Å². The van der Waals surface area contributed by atoms with Crippen LogP contribution in [-0.2, 0) is 11.3 Å². The molecule has 3 rings (SSSR count). The number of nitrogens with zero attached hydrogens (tertiary/aromatic N) is 3. The number of hydrogen-bond acceptors (Lipinski definition) is 6. The highest BCUT2D eigenvalue weighted by Gasteiger charge is 2.18. The molecule has 0 aliphatic heterocycles. The summed E-state index contributed by atoms with van der Waals surface area (Å²) >= 11 is 5.20. The van der Waals surface area contributed by atoms with Gasteiger partial charge in [0, 0.05) is 25.1 Å². The van der Waals surface area contributed by atoms with Crippen molar-refractivity contribution in [1.29, 1.82) is 0 Å². The van der Waals surface area contributed by atoms with Crippen molar-refractivity contribution in [1.82, 2.24) is 19.5 Å². The Hall–Kier alpha value is -2.91. The van der Waals surface area contributed by atoms with E-state index in [4.69, 9.17) is 17.0 Å². The van der Waals surface area contributed by atoms with E-state index in [0.29, 0.717) is 24.4 Å². The number of hydrogen-bond donors (Lipinski definition) is 2. The van der Waals surface area contributed by atoms with Gasteiger partial charge in [0.05, 0.1) is 29.8 Å². The lowest BCUT2D eigenvalue weighted by molar-refractivity contribution is 0.0699. The van der Waals surface area contributed by atoms with Crippen LogP contribution in [-0.4, -0.2) is 44.3 Å². The molecular weight excluding hydrogens is 344 g/mol. The van der Waals surface area contributed by atoms with Gasteiger partial charge in [-0.1, -0.05) is 0 Å². The van der Waals surface area contributed by atoms with Gasteiger partial charge in [0.25, 0.3) is 5.56 Å². The number of nitrogens with one attached hydrogen (secondary N) is 1. The summed E-state index contributed by atoms with van der Waals surface area (Å²) in [6.07, 6.45) is 3.18. The van der Waals surface area contributed by atoms with Crippen molar-refractivity contribution in [2.24, 2.45) is 0 Å². The summed E-state index contributed by atoms with van der Waals surface area (Å²) in [4.78, 5) is 35.0. The fourth-order valence-corrected chi connectivity index (χ4v) is 2.77. The van der Waals surface area contributed by atoms with Gasteiger partial charge < -0.3 is 14.4 Å². The predicted octanol–water partition coefficient (Wildman–Crippen LogP) is 1.86. The lowest BCUT2D eigenvalue weighted by Gasteiger charge is -2.12. The van der Waals surface area contributed by atoms with Crippen LogP contribution < -0.4 is 5.56 Å². The maximum absolute atomic E-state index is 12.3. The minimum absolute atomic E-state index is 0.0233. The number of fused-ring (bicyclic) bond motifs is 1. The van der Waals surface area contributed by atoms with Gasteiger partial charge in [-0.25, -0.2) is 9.78 Å². The molecule has 0 atom stereocenters. The van der Waals surface area contributed by atoms with Gasteiger partial charge in [-0.05, 0) is 30.4 Å². The molecular formula is C16H14N4O4S. The first kappa shape index (κ1) is 16.9. The maximum Gasteiger partial charge on any atom is 0.336 e. The molecule has 0 aliphatic carbocycles. The van der Waals surface area contributed by atoms with Crippen molar-refractivity contribution in [3.05, 3.63) is 51.3 Å². The average molecular weight is 358 g/mol. The summed E-state index contributed by atoms with van der Waals surface area (Å²) in [6, 6.07) is 4.84. The Morgan fingerprint density at radius 1 is 1.48 bits per heavy atom. The summed E-state index contributed by atoms with van der Waals surface area (Å²) in [7, 11) is 1.54. The van der Waals surface area contributed by atoms with Gasteiger partial charge in [0.1, 0.15) is 5.65 Å². The second-order valence-electron chi connectivity index (χ2n) is 5.20. The average Bonchev–Trinajstić information content (AvgIpc) is 2.61. The number of pyridine rings is 2. The quantitative estimate of drug-likeness (QED) is 0.670. The molecule has 0 saturated heterocycles. The molecule has 0 saturated carbocycles. The minimum Gasteiger partial charge on any atom is -0.478 e. The molecule has 8 nitrogen and oxygen atoms in total. The molecule has 0 unspecified atom stereocenters. The van der Waals surface area contributed by atoms with E-state index in [2.05, 4.69) is 15.0 Å². The highest BCUT2D eigenvalue weighted by atomic mass is 32.1. The van der Waals surface area contributed by atoms with E-state index in [1.807, 2.05) is 0 Å². The summed E-state index contributed by atoms with van der Waals surface area (Å²) in [6.45, 7) is 0.655. The van der Waals surface area contributed by atoms with E-state index in [0.717, 1.165) is 0 Å². The number of ether oxygens (including phenoxy) is 1. The number of methoxy groups -OCH3 is 1. The molecule has 2 N–H and O–H groups in total. The van der Waals surface area contributed by atoms with E-state index >= 15 is 0 Å². The normalized spacial score (nSPS) is 10.9. The third kappa shape index (κ3) is 3.19. The maximum atomic E-state index is 12.3. The van der Waals surface area contributed by atoms with Crippen LogP contribution in [0.3, 0.4) is 0 Å². The van der Waals surface area contributed by atoms with Crippen LogP contribution in [0.1, 0.15) is 10.4 Å². The Kier molecular flexibility index (Phi) is 4.68. The zero-order valence-corrected chi connectivity index (χ0v) is 14.0. The fourth-order valence-electron chi connectivity index (χ4n) is 2.49. The molecule has 9 heteroatoms. The van der Waals surface area contributed by atoms with Crippen molar-refractivity contribution in [3.8, 4) is 11.3 Å². The Morgan fingerprint density at radius 2 is 2.28 bits per heavy atom. The topological polar surface area (TPSA) is 110 Å². The van der Waals surface area contributed by atoms with E-state index in [1.54, 1.807) is 29.1 Å². The third-order valence-corrected chi connectivity index (χ3v) is 3.98. The lowest BCUT2D eigenvalue weighted by atomic mass is 10.1. The molecule has 0 aromatic carbocycles. The SMILES string of the molecule is COCCn1c(=S)[nH]c(=O)c2c(C(=O)O)cc(-c3cccnc3)nc21. The fraction of sp³-hybridized carbons (Fsp3) is 0.188. The van der Waals surface area contributed by atoms with Crippen molar-refractivity contribution in [2.45, 2.75) is 6.54 Å². The zero-order chi connectivity index (χ0) is 18.0. The zero-order valence-electron chi connectivity index (χ0n) is 13.2. The molecule has 3 aromatic heterocycles. The van der Waals surface area contributed by atoms with Crippen LogP contribution in [0.25, 0.3) is 22.3 Å². The number of aromatic nitrogens is 4. The number of carboxylic acids is 1. The number of aromatic carboxylic acids is 1. The molecule has 3 aromatic rings. The summed E-state index contributed by atoms with van der Waals surface area (Å²) in [5, 5.41) is 9.54. The Labute approximate surface area is 146 Å². The van der Waals surface area contributed by atoms with Crippen LogP contribution in [0, 0.1) is 4.77 Å². The first-order valence-corrected chi connectivity index (χ1v) is 7.74. The number of rotatable bonds is 5. The first-order valence-electron chi connectivity index (χ1n) is 7.33. The van der Waals surface area contributed by atoms with Gasteiger partial charge in [-0.15, -0.1) is 0 Å². The van der Waals surface area contributed by atoms with Crippen LogP contribution in [0.15, 0.2) is 35.4 Å². The Bertz CT molecular complexity index is 1060. The highest BCUT2D eigenvalue weighted by molar-refractivity contribution is 7.71. The first-order chi connectivity index (χ1) is 12.0. The van der Waals surface area contributed by atoms with Gasteiger partial charge in [0.2, 0.25) is 0 Å². The second-order valence-corrected chi connectivity index (χ2v) is 5.59. The smallest absolute Gasteiger partial charge is 0.336 e. The molecule has 0 spiro atoms. The Balaban J connectivity index is 2.41. The van der Waals surface area contributed by atoms with Gasteiger partial charge >= 0.3 is 5.97 Å². The number of aromatic amines is 1. The summed E-state index contributed by atoms with van der Waals surface area (Å²) in [5.74, 6) is -1.22. The lowest BCUT2D eigenvalue weighted by Crippen LogP contribution is -2.20. The number of carboxylic acid groups (broad SMARTS) is 1. The van der Waals surface area contributed by atoms with Gasteiger partial charge in [-0.3, -0.25) is 14.8 Å². The second kappa shape index (κ2) is 6.91. The molecule has 0 fully saturated rings. The van der Waals surface area contributed by atoms with Crippen molar-refractivity contribution in [2.75, 3.05) is 13.7 Å². The van der Waals surface area contributed by atoms with Crippen LogP contribution >= 0.6 is 12.2 Å². The van der Waals surface area contributed by atoms with Crippen molar-refractivity contribution >= 4 is 29.2 Å². The molecule has 0 bridgehead atoms. The standard InChI is InChI=1S/C16H14N4O4S/c1-24-6-5-20-13-12(14(21)19-16(20)25)10(15(22)23)7-11(18-13)9-3-2-4-17-8-9/h2-4,7-8H,5-6H2,1H3,(H,22,23)(H,19,21,25).